The van der Waals surface area contributed by atoms with Crippen molar-refractivity contribution in [1.82, 2.24) is 15.1 Å². The molecule has 0 aromatic heterocycles. The molecule has 136 valence electrons. The normalized spacial score (nSPS) is 26.6. The smallest absolute Gasteiger partial charge is 0.227 e. The Kier molecular flexibility index (Phi) is 4.69. The van der Waals surface area contributed by atoms with E-state index in [2.05, 4.69) is 34.3 Å². The molecule has 0 saturated carbocycles. The van der Waals surface area contributed by atoms with Crippen LogP contribution in [0, 0.1) is 5.92 Å². The van der Waals surface area contributed by atoms with Crippen LogP contribution >= 0.6 is 0 Å². The van der Waals surface area contributed by atoms with Crippen LogP contribution in [0.2, 0.25) is 0 Å². The van der Waals surface area contributed by atoms with E-state index < -0.39 is 0 Å². The van der Waals surface area contributed by atoms with Gasteiger partial charge in [0.05, 0.1) is 12.5 Å². The molecule has 5 heteroatoms. The number of carbonyl (C=O) groups is 1. The lowest BCUT2D eigenvalue weighted by Crippen LogP contribution is -2.55. The second-order valence-electron chi connectivity index (χ2n) is 7.93. The lowest BCUT2D eigenvalue weighted by atomic mass is 9.89. The van der Waals surface area contributed by atoms with Gasteiger partial charge < -0.3 is 19.9 Å². The van der Waals surface area contributed by atoms with Crippen LogP contribution in [0.25, 0.3) is 0 Å². The van der Waals surface area contributed by atoms with Gasteiger partial charge in [-0.05, 0) is 32.5 Å². The highest BCUT2D eigenvalue weighted by Gasteiger charge is 2.42. The van der Waals surface area contributed by atoms with Crippen molar-refractivity contribution in [2.75, 3.05) is 39.8 Å². The summed E-state index contributed by atoms with van der Waals surface area (Å²) in [5, 5.41) is 3.38. The van der Waals surface area contributed by atoms with Gasteiger partial charge in [0.2, 0.25) is 5.91 Å². The lowest BCUT2D eigenvalue weighted by Gasteiger charge is -2.42. The van der Waals surface area contributed by atoms with Crippen LogP contribution in [-0.4, -0.2) is 61.1 Å². The maximum absolute atomic E-state index is 13.2. The third-order valence-corrected chi connectivity index (χ3v) is 6.00. The van der Waals surface area contributed by atoms with Crippen molar-refractivity contribution in [2.45, 2.75) is 37.8 Å². The minimum Gasteiger partial charge on any atom is -0.485 e. The van der Waals surface area contributed by atoms with E-state index >= 15 is 0 Å². The molecule has 0 radical (unpaired) electrons. The van der Waals surface area contributed by atoms with Crippen molar-refractivity contribution in [3.63, 3.8) is 0 Å². The summed E-state index contributed by atoms with van der Waals surface area (Å²) < 4.78 is 6.57. The molecule has 4 rings (SSSR count). The molecule has 1 aromatic rings. The van der Waals surface area contributed by atoms with Crippen LogP contribution in [-0.2, 0) is 11.3 Å². The number of likely N-dealkylation sites (tertiary alicyclic amines) is 1. The minimum atomic E-state index is -0.239. The fraction of sp³-hybridized carbons (Fsp3) is 0.650. The number of carbonyl (C=O) groups excluding carboxylic acids is 1. The van der Waals surface area contributed by atoms with E-state index in [9.17, 15) is 4.79 Å². The Hall–Kier alpha value is -1.59. The predicted octanol–water partition coefficient (Wildman–Crippen LogP) is 1.87. The van der Waals surface area contributed by atoms with Gasteiger partial charge in [-0.1, -0.05) is 18.2 Å². The fourth-order valence-electron chi connectivity index (χ4n) is 4.37. The maximum Gasteiger partial charge on any atom is 0.227 e. The SMILES string of the molecule is CN1CCC2(CC1)CN(C(=O)[C@H]1CCCNC1)Cc1ccccc1O2. The monoisotopic (exact) mass is 343 g/mol. The molecular weight excluding hydrogens is 314 g/mol. The summed E-state index contributed by atoms with van der Waals surface area (Å²) in [6.07, 6.45) is 4.04. The highest BCUT2D eigenvalue weighted by molar-refractivity contribution is 5.79. The van der Waals surface area contributed by atoms with Crippen molar-refractivity contribution in [1.29, 1.82) is 0 Å². The number of para-hydroxylation sites is 1. The van der Waals surface area contributed by atoms with Crippen molar-refractivity contribution >= 4 is 5.91 Å². The molecule has 1 amide bonds. The average molecular weight is 343 g/mol. The molecule has 1 aromatic carbocycles. The van der Waals surface area contributed by atoms with Gasteiger partial charge in [-0.2, -0.15) is 0 Å². The lowest BCUT2D eigenvalue weighted by molar-refractivity contribution is -0.140. The quantitative estimate of drug-likeness (QED) is 0.846. The zero-order chi connectivity index (χ0) is 17.3. The van der Waals surface area contributed by atoms with E-state index in [-0.39, 0.29) is 11.5 Å². The third kappa shape index (κ3) is 3.53. The van der Waals surface area contributed by atoms with E-state index in [0.29, 0.717) is 19.0 Å². The molecule has 3 aliphatic heterocycles. The van der Waals surface area contributed by atoms with Gasteiger partial charge in [0.1, 0.15) is 11.4 Å². The number of nitrogens with one attached hydrogen (secondary N) is 1. The first-order valence-corrected chi connectivity index (χ1v) is 9.60. The van der Waals surface area contributed by atoms with E-state index in [4.69, 9.17) is 4.74 Å². The predicted molar refractivity (Wildman–Crippen MR) is 97.5 cm³/mol. The second-order valence-corrected chi connectivity index (χ2v) is 7.93. The Balaban J connectivity index is 1.61. The average Bonchev–Trinajstić information content (AvgIpc) is 2.81. The molecule has 0 unspecified atom stereocenters. The minimum absolute atomic E-state index is 0.113. The van der Waals surface area contributed by atoms with Crippen LogP contribution in [0.5, 0.6) is 5.75 Å². The van der Waals surface area contributed by atoms with Crippen molar-refractivity contribution < 1.29 is 9.53 Å². The number of rotatable bonds is 1. The van der Waals surface area contributed by atoms with Gasteiger partial charge in [0.25, 0.3) is 0 Å². The van der Waals surface area contributed by atoms with Gasteiger partial charge in [0, 0.05) is 44.6 Å². The zero-order valence-electron chi connectivity index (χ0n) is 15.2. The number of benzene rings is 1. The summed E-state index contributed by atoms with van der Waals surface area (Å²) in [4.78, 5) is 17.7. The summed E-state index contributed by atoms with van der Waals surface area (Å²) in [6, 6.07) is 8.23. The van der Waals surface area contributed by atoms with Crippen LogP contribution in [0.15, 0.2) is 24.3 Å². The first-order valence-electron chi connectivity index (χ1n) is 9.60. The van der Waals surface area contributed by atoms with Gasteiger partial charge in [-0.25, -0.2) is 0 Å². The molecule has 2 saturated heterocycles. The maximum atomic E-state index is 13.2. The molecule has 0 bridgehead atoms. The van der Waals surface area contributed by atoms with Gasteiger partial charge in [-0.15, -0.1) is 0 Å². The largest absolute Gasteiger partial charge is 0.485 e. The Morgan fingerprint density at radius 2 is 2.08 bits per heavy atom. The molecule has 0 aliphatic carbocycles. The fourth-order valence-corrected chi connectivity index (χ4v) is 4.37. The Morgan fingerprint density at radius 1 is 1.28 bits per heavy atom. The summed E-state index contributed by atoms with van der Waals surface area (Å²) in [5.74, 6) is 1.37. The standard InChI is InChI=1S/C20H29N3O2/c1-22-11-8-20(9-12-22)15-23(19(24)16-6-4-10-21-13-16)14-17-5-2-3-7-18(17)25-20/h2-3,5,7,16,21H,4,6,8-15H2,1H3/t16-/m0/s1. The van der Waals surface area contributed by atoms with E-state index in [1.165, 1.54) is 0 Å². The van der Waals surface area contributed by atoms with Gasteiger partial charge >= 0.3 is 0 Å². The summed E-state index contributed by atoms with van der Waals surface area (Å²) in [6.45, 7) is 5.28. The molecule has 3 aliphatic rings. The van der Waals surface area contributed by atoms with Crippen LogP contribution in [0.1, 0.15) is 31.2 Å². The van der Waals surface area contributed by atoms with Crippen LogP contribution in [0.3, 0.4) is 0 Å². The molecular formula is C20H29N3O2. The topological polar surface area (TPSA) is 44.8 Å². The number of nitrogens with zero attached hydrogens (tertiary/aromatic N) is 2. The number of hydrogen-bond acceptors (Lipinski definition) is 4. The number of piperidine rings is 2. The number of hydrogen-bond donors (Lipinski definition) is 1. The molecule has 5 nitrogen and oxygen atoms in total. The summed E-state index contributed by atoms with van der Waals surface area (Å²) >= 11 is 0. The second kappa shape index (κ2) is 6.96. The number of fused-ring (bicyclic) bond motifs is 1. The molecule has 3 heterocycles. The highest BCUT2D eigenvalue weighted by Crippen LogP contribution is 2.36. The van der Waals surface area contributed by atoms with Gasteiger partial charge in [0.15, 0.2) is 0 Å². The molecule has 1 spiro atoms. The Bertz CT molecular complexity index is 619. The molecule has 1 atom stereocenters. The molecule has 2 fully saturated rings. The van der Waals surface area contributed by atoms with Crippen molar-refractivity contribution in [2.24, 2.45) is 5.92 Å². The van der Waals surface area contributed by atoms with E-state index in [1.54, 1.807) is 0 Å². The van der Waals surface area contributed by atoms with Crippen molar-refractivity contribution in [3.8, 4) is 5.75 Å². The first kappa shape index (κ1) is 16.9. The van der Waals surface area contributed by atoms with Gasteiger partial charge in [-0.3, -0.25) is 4.79 Å². The number of amides is 1. The highest BCUT2D eigenvalue weighted by atomic mass is 16.5. The summed E-state index contributed by atoms with van der Waals surface area (Å²) in [7, 11) is 2.16. The van der Waals surface area contributed by atoms with Crippen LogP contribution in [0.4, 0.5) is 0 Å². The summed E-state index contributed by atoms with van der Waals surface area (Å²) in [5.41, 5.74) is 0.895. The molecule has 1 N–H and O–H groups in total. The zero-order valence-corrected chi connectivity index (χ0v) is 15.2. The van der Waals surface area contributed by atoms with Crippen molar-refractivity contribution in [3.05, 3.63) is 29.8 Å². The number of ether oxygens (including phenoxy) is 1. The first-order chi connectivity index (χ1) is 12.2. The van der Waals surface area contributed by atoms with E-state index in [1.807, 2.05) is 12.1 Å². The molecule has 25 heavy (non-hydrogen) atoms. The Labute approximate surface area is 150 Å². The van der Waals surface area contributed by atoms with Crippen LogP contribution < -0.4 is 10.1 Å². The van der Waals surface area contributed by atoms with E-state index in [0.717, 1.165) is 63.2 Å². The Morgan fingerprint density at radius 3 is 2.84 bits per heavy atom. The third-order valence-electron chi connectivity index (χ3n) is 6.00.